The van der Waals surface area contributed by atoms with Crippen molar-refractivity contribution in [2.24, 2.45) is 0 Å². The topological polar surface area (TPSA) is 34.1 Å². The zero-order valence-electron chi connectivity index (χ0n) is 10.9. The molecule has 0 aliphatic heterocycles. The van der Waals surface area contributed by atoms with Crippen molar-refractivity contribution in [2.45, 2.75) is 5.75 Å². The Morgan fingerprint density at radius 1 is 1.00 bits per heavy atom. The third kappa shape index (κ3) is 4.83. The molecule has 0 atom stereocenters. The predicted molar refractivity (Wildman–Crippen MR) is 84.4 cm³/mol. The van der Waals surface area contributed by atoms with Crippen molar-refractivity contribution in [3.8, 4) is 0 Å². The van der Waals surface area contributed by atoms with E-state index in [-0.39, 0.29) is 11.5 Å². The molecule has 0 aromatic heterocycles. The highest BCUT2D eigenvalue weighted by Gasteiger charge is 2.10. The fourth-order valence-corrected chi connectivity index (χ4v) is 3.24. The summed E-state index contributed by atoms with van der Waals surface area (Å²) in [6.45, 7) is 0. The molecule has 0 saturated carbocycles. The number of sulfone groups is 1. The van der Waals surface area contributed by atoms with Gasteiger partial charge >= 0.3 is 0 Å². The minimum Gasteiger partial charge on any atom is -0.228 e. The summed E-state index contributed by atoms with van der Waals surface area (Å²) in [4.78, 5) is 0. The lowest BCUT2D eigenvalue weighted by atomic mass is 10.2. The summed E-state index contributed by atoms with van der Waals surface area (Å²) in [6, 6.07) is 16.6. The normalized spacial score (nSPS) is 11.8. The third-order valence-electron chi connectivity index (χ3n) is 2.74. The number of halogens is 1. The van der Waals surface area contributed by atoms with Crippen LogP contribution in [0.15, 0.2) is 60.7 Å². The molecule has 0 fully saturated rings. The van der Waals surface area contributed by atoms with Gasteiger partial charge in [0.1, 0.15) is 0 Å². The Morgan fingerprint density at radius 2 is 1.75 bits per heavy atom. The van der Waals surface area contributed by atoms with E-state index in [9.17, 15) is 8.42 Å². The molecule has 0 heterocycles. The highest BCUT2D eigenvalue weighted by molar-refractivity contribution is 7.90. The molecule has 0 aliphatic carbocycles. The lowest BCUT2D eigenvalue weighted by molar-refractivity contribution is 0.598. The second kappa shape index (κ2) is 6.73. The quantitative estimate of drug-likeness (QED) is 0.837. The average molecular weight is 307 g/mol. The fraction of sp³-hybridized carbons (Fsp3) is 0.125. The van der Waals surface area contributed by atoms with E-state index in [4.69, 9.17) is 11.6 Å². The fourth-order valence-electron chi connectivity index (χ4n) is 1.83. The van der Waals surface area contributed by atoms with Gasteiger partial charge in [0.05, 0.1) is 11.5 Å². The summed E-state index contributed by atoms with van der Waals surface area (Å²) in [6.07, 6.45) is 3.49. The van der Waals surface area contributed by atoms with E-state index in [2.05, 4.69) is 0 Å². The molecule has 0 spiro atoms. The average Bonchev–Trinajstić information content (AvgIpc) is 2.39. The van der Waals surface area contributed by atoms with Gasteiger partial charge in [-0.3, -0.25) is 0 Å². The van der Waals surface area contributed by atoms with Crippen LogP contribution in [0.3, 0.4) is 0 Å². The Labute approximate surface area is 124 Å². The van der Waals surface area contributed by atoms with Gasteiger partial charge in [0, 0.05) is 5.02 Å². The Hall–Kier alpha value is -1.58. The van der Waals surface area contributed by atoms with Crippen LogP contribution in [0.4, 0.5) is 0 Å². The molecule has 0 saturated heterocycles. The van der Waals surface area contributed by atoms with Crippen LogP contribution in [0.2, 0.25) is 5.02 Å². The Morgan fingerprint density at radius 3 is 2.45 bits per heavy atom. The van der Waals surface area contributed by atoms with E-state index in [0.717, 1.165) is 5.56 Å². The molecule has 0 amide bonds. The van der Waals surface area contributed by atoms with Gasteiger partial charge in [-0.1, -0.05) is 66.2 Å². The molecule has 0 unspecified atom stereocenters. The Bertz CT molecular complexity index is 691. The van der Waals surface area contributed by atoms with Gasteiger partial charge in [-0.05, 0) is 23.3 Å². The van der Waals surface area contributed by atoms with E-state index in [1.54, 1.807) is 30.3 Å². The second-order valence-corrected chi connectivity index (χ2v) is 7.04. The first-order valence-corrected chi connectivity index (χ1v) is 8.41. The number of hydrogen-bond donors (Lipinski definition) is 0. The smallest absolute Gasteiger partial charge is 0.157 e. The van der Waals surface area contributed by atoms with Crippen LogP contribution in [-0.4, -0.2) is 14.2 Å². The van der Waals surface area contributed by atoms with E-state index in [1.807, 2.05) is 36.4 Å². The summed E-state index contributed by atoms with van der Waals surface area (Å²) in [7, 11) is -3.17. The van der Waals surface area contributed by atoms with Crippen molar-refractivity contribution < 1.29 is 8.42 Å². The summed E-state index contributed by atoms with van der Waals surface area (Å²) >= 11 is 5.85. The van der Waals surface area contributed by atoms with Crippen LogP contribution in [0.5, 0.6) is 0 Å². The summed E-state index contributed by atoms with van der Waals surface area (Å²) in [5.74, 6) is 0.0289. The molecule has 2 aromatic rings. The molecule has 2 aromatic carbocycles. The SMILES string of the molecule is O=S(=O)(CC=Cc1ccccc1)Cc1cccc(Cl)c1. The highest BCUT2D eigenvalue weighted by Crippen LogP contribution is 2.14. The van der Waals surface area contributed by atoms with Gasteiger partial charge in [0.25, 0.3) is 0 Å². The van der Waals surface area contributed by atoms with Crippen LogP contribution in [0.1, 0.15) is 11.1 Å². The van der Waals surface area contributed by atoms with Crippen LogP contribution in [0, 0.1) is 0 Å². The molecule has 2 rings (SSSR count). The van der Waals surface area contributed by atoms with Gasteiger partial charge in [0.2, 0.25) is 0 Å². The minimum absolute atomic E-state index is 0.00664. The summed E-state index contributed by atoms with van der Waals surface area (Å²) in [5.41, 5.74) is 1.70. The van der Waals surface area contributed by atoms with Crippen molar-refractivity contribution in [3.05, 3.63) is 76.8 Å². The predicted octanol–water partition coefficient (Wildman–Crippen LogP) is 3.97. The van der Waals surface area contributed by atoms with E-state index < -0.39 is 9.84 Å². The van der Waals surface area contributed by atoms with Crippen molar-refractivity contribution >= 4 is 27.5 Å². The summed E-state index contributed by atoms with van der Waals surface area (Å²) in [5, 5.41) is 0.553. The van der Waals surface area contributed by atoms with Gasteiger partial charge in [-0.15, -0.1) is 0 Å². The highest BCUT2D eigenvalue weighted by atomic mass is 35.5. The van der Waals surface area contributed by atoms with Crippen LogP contribution in [0.25, 0.3) is 6.08 Å². The first-order valence-electron chi connectivity index (χ1n) is 6.22. The number of hydrogen-bond acceptors (Lipinski definition) is 2. The maximum Gasteiger partial charge on any atom is 0.157 e. The zero-order valence-corrected chi connectivity index (χ0v) is 12.4. The number of rotatable bonds is 5. The third-order valence-corrected chi connectivity index (χ3v) is 4.44. The van der Waals surface area contributed by atoms with Gasteiger partial charge in [-0.2, -0.15) is 0 Å². The first-order chi connectivity index (χ1) is 9.55. The molecule has 4 heteroatoms. The number of benzene rings is 2. The summed E-state index contributed by atoms with van der Waals surface area (Å²) < 4.78 is 24.0. The standard InChI is InChI=1S/C16H15ClO2S/c17-16-10-4-8-15(12-16)13-20(18,19)11-5-9-14-6-2-1-3-7-14/h1-10,12H,11,13H2. The van der Waals surface area contributed by atoms with Gasteiger partial charge < -0.3 is 0 Å². The molecule has 104 valence electrons. The van der Waals surface area contributed by atoms with Crippen LogP contribution < -0.4 is 0 Å². The van der Waals surface area contributed by atoms with Crippen molar-refractivity contribution in [1.82, 2.24) is 0 Å². The zero-order chi connectivity index (χ0) is 14.4. The van der Waals surface area contributed by atoms with Gasteiger partial charge in [-0.25, -0.2) is 8.42 Å². The van der Waals surface area contributed by atoms with Crippen molar-refractivity contribution in [2.75, 3.05) is 5.75 Å². The van der Waals surface area contributed by atoms with E-state index in [0.29, 0.717) is 10.6 Å². The molecular formula is C16H15ClO2S. The molecule has 0 bridgehead atoms. The molecule has 2 nitrogen and oxygen atoms in total. The molecule has 20 heavy (non-hydrogen) atoms. The Balaban J connectivity index is 2.00. The Kier molecular flexibility index (Phi) is 4.99. The van der Waals surface area contributed by atoms with Crippen molar-refractivity contribution in [3.63, 3.8) is 0 Å². The first kappa shape index (κ1) is 14.8. The maximum atomic E-state index is 12.0. The van der Waals surface area contributed by atoms with Gasteiger partial charge in [0.15, 0.2) is 9.84 Å². The monoisotopic (exact) mass is 306 g/mol. The minimum atomic E-state index is -3.17. The molecule has 0 radical (unpaired) electrons. The van der Waals surface area contributed by atoms with E-state index in [1.165, 1.54) is 0 Å². The van der Waals surface area contributed by atoms with E-state index >= 15 is 0 Å². The van der Waals surface area contributed by atoms with Crippen molar-refractivity contribution in [1.29, 1.82) is 0 Å². The van der Waals surface area contributed by atoms with Crippen LogP contribution >= 0.6 is 11.6 Å². The molecule has 0 N–H and O–H groups in total. The maximum absolute atomic E-state index is 12.0. The lowest BCUT2D eigenvalue weighted by Crippen LogP contribution is -2.07. The largest absolute Gasteiger partial charge is 0.228 e. The lowest BCUT2D eigenvalue weighted by Gasteiger charge is -2.02. The van der Waals surface area contributed by atoms with Crippen LogP contribution in [-0.2, 0) is 15.6 Å². The molecular weight excluding hydrogens is 292 g/mol. The second-order valence-electron chi connectivity index (χ2n) is 4.50. The molecule has 0 aliphatic rings.